The van der Waals surface area contributed by atoms with Crippen molar-refractivity contribution in [3.05, 3.63) is 23.9 Å². The van der Waals surface area contributed by atoms with E-state index in [0.717, 1.165) is 37.6 Å². The van der Waals surface area contributed by atoms with Crippen molar-refractivity contribution in [2.75, 3.05) is 51.2 Å². The highest BCUT2D eigenvalue weighted by Crippen LogP contribution is 2.14. The van der Waals surface area contributed by atoms with Gasteiger partial charge in [-0.05, 0) is 32.5 Å². The minimum atomic E-state index is -0.0369. The Balaban J connectivity index is 1.49. The largest absolute Gasteiger partial charge is 0.372 e. The second kappa shape index (κ2) is 8.01. The molecule has 0 aliphatic carbocycles. The number of carbonyl (C=O) groups excluding carboxylic acids is 1. The van der Waals surface area contributed by atoms with E-state index in [2.05, 4.69) is 27.1 Å². The minimum absolute atomic E-state index is 0.0369. The Morgan fingerprint density at radius 2 is 1.88 bits per heavy atom. The normalized spacial score (nSPS) is 25.1. The number of likely N-dealkylation sites (N-methyl/N-ethyl adjacent to an activating group) is 1. The van der Waals surface area contributed by atoms with Crippen molar-refractivity contribution in [2.45, 2.75) is 32.6 Å². The molecule has 0 saturated carbocycles. The van der Waals surface area contributed by atoms with E-state index in [9.17, 15) is 4.79 Å². The molecule has 1 aromatic rings. The van der Waals surface area contributed by atoms with Crippen molar-refractivity contribution in [3.8, 4) is 0 Å². The molecule has 0 aromatic carbocycles. The molecule has 0 radical (unpaired) electrons. The summed E-state index contributed by atoms with van der Waals surface area (Å²) < 4.78 is 5.67. The van der Waals surface area contributed by atoms with Crippen molar-refractivity contribution in [3.63, 3.8) is 0 Å². The van der Waals surface area contributed by atoms with Crippen LogP contribution in [-0.4, -0.2) is 79.3 Å². The van der Waals surface area contributed by atoms with Gasteiger partial charge in [0.05, 0.1) is 12.2 Å². The van der Waals surface area contributed by atoms with Crippen LogP contribution in [-0.2, 0) is 11.3 Å². The van der Waals surface area contributed by atoms with Crippen LogP contribution in [0.25, 0.3) is 0 Å². The number of pyridine rings is 1. The molecule has 0 bridgehead atoms. The number of hydrogen-bond donors (Lipinski definition) is 1. The van der Waals surface area contributed by atoms with Crippen LogP contribution in [0, 0.1) is 0 Å². The summed E-state index contributed by atoms with van der Waals surface area (Å²) in [5.41, 5.74) is 1.01. The molecule has 2 atom stereocenters. The van der Waals surface area contributed by atoms with E-state index in [1.165, 1.54) is 0 Å². The highest BCUT2D eigenvalue weighted by atomic mass is 16.5. The number of aromatic nitrogens is 1. The van der Waals surface area contributed by atoms with Crippen molar-refractivity contribution >= 4 is 11.8 Å². The third-order valence-electron chi connectivity index (χ3n) is 4.79. The molecule has 138 valence electrons. The summed E-state index contributed by atoms with van der Waals surface area (Å²) in [5.74, 6) is 1.01. The first-order valence-corrected chi connectivity index (χ1v) is 9.08. The lowest BCUT2D eigenvalue weighted by Gasteiger charge is -2.35. The van der Waals surface area contributed by atoms with Gasteiger partial charge in [-0.15, -0.1) is 0 Å². The number of amides is 2. The molecule has 0 unspecified atom stereocenters. The Morgan fingerprint density at radius 1 is 1.20 bits per heavy atom. The van der Waals surface area contributed by atoms with Crippen LogP contribution in [0.1, 0.15) is 19.4 Å². The molecule has 2 amide bonds. The lowest BCUT2D eigenvalue weighted by Crippen LogP contribution is -2.51. The zero-order valence-electron chi connectivity index (χ0n) is 15.4. The molecule has 3 rings (SSSR count). The highest BCUT2D eigenvalue weighted by molar-refractivity contribution is 5.74. The number of morpholine rings is 1. The first-order valence-electron chi connectivity index (χ1n) is 9.08. The molecule has 2 aliphatic rings. The quantitative estimate of drug-likeness (QED) is 0.889. The molecular weight excluding hydrogens is 318 g/mol. The van der Waals surface area contributed by atoms with E-state index < -0.39 is 0 Å². The fraction of sp³-hybridized carbons (Fsp3) is 0.667. The molecular formula is C18H29N5O2. The van der Waals surface area contributed by atoms with E-state index in [1.54, 1.807) is 0 Å². The molecule has 3 heterocycles. The molecule has 2 aliphatic heterocycles. The topological polar surface area (TPSA) is 60.9 Å². The Morgan fingerprint density at radius 3 is 2.48 bits per heavy atom. The van der Waals surface area contributed by atoms with E-state index >= 15 is 0 Å². The first-order chi connectivity index (χ1) is 12.0. The number of nitrogens with one attached hydrogen (secondary N) is 1. The Bertz CT molecular complexity index is 561. The number of hydrogen-bond acceptors (Lipinski definition) is 5. The average molecular weight is 347 g/mol. The van der Waals surface area contributed by atoms with Crippen molar-refractivity contribution in [1.29, 1.82) is 0 Å². The van der Waals surface area contributed by atoms with Crippen molar-refractivity contribution < 1.29 is 9.53 Å². The summed E-state index contributed by atoms with van der Waals surface area (Å²) in [6.45, 7) is 9.90. The summed E-state index contributed by atoms with van der Waals surface area (Å²) in [5, 5.41) is 2.99. The first kappa shape index (κ1) is 17.9. The number of anilines is 1. The monoisotopic (exact) mass is 347 g/mol. The summed E-state index contributed by atoms with van der Waals surface area (Å²) in [6.07, 6.45) is 2.02. The van der Waals surface area contributed by atoms with Gasteiger partial charge in [-0.2, -0.15) is 0 Å². The van der Waals surface area contributed by atoms with Gasteiger partial charge in [0.1, 0.15) is 5.82 Å². The molecule has 2 fully saturated rings. The van der Waals surface area contributed by atoms with Crippen LogP contribution < -0.4 is 10.2 Å². The molecule has 25 heavy (non-hydrogen) atoms. The third kappa shape index (κ3) is 4.83. The van der Waals surface area contributed by atoms with Gasteiger partial charge in [0.25, 0.3) is 0 Å². The third-order valence-corrected chi connectivity index (χ3v) is 4.79. The highest BCUT2D eigenvalue weighted by Gasteiger charge is 2.25. The molecule has 7 heteroatoms. The fourth-order valence-electron chi connectivity index (χ4n) is 3.38. The van der Waals surface area contributed by atoms with Crippen LogP contribution in [0.5, 0.6) is 0 Å². The predicted molar refractivity (Wildman–Crippen MR) is 97.8 cm³/mol. The van der Waals surface area contributed by atoms with Gasteiger partial charge < -0.3 is 24.8 Å². The van der Waals surface area contributed by atoms with Gasteiger partial charge in [0, 0.05) is 52.0 Å². The van der Waals surface area contributed by atoms with Crippen LogP contribution in [0.15, 0.2) is 18.3 Å². The zero-order valence-corrected chi connectivity index (χ0v) is 15.4. The smallest absolute Gasteiger partial charge is 0.317 e. The summed E-state index contributed by atoms with van der Waals surface area (Å²) >= 11 is 0. The van der Waals surface area contributed by atoms with Crippen molar-refractivity contribution in [1.82, 2.24) is 20.1 Å². The molecule has 1 aromatic heterocycles. The van der Waals surface area contributed by atoms with Crippen LogP contribution in [0.4, 0.5) is 10.6 Å². The van der Waals surface area contributed by atoms with E-state index in [-0.39, 0.29) is 18.2 Å². The maximum Gasteiger partial charge on any atom is 0.317 e. The average Bonchev–Trinajstić information content (AvgIpc) is 2.60. The van der Waals surface area contributed by atoms with Crippen LogP contribution >= 0.6 is 0 Å². The molecule has 1 N–H and O–H groups in total. The van der Waals surface area contributed by atoms with E-state index in [0.29, 0.717) is 19.6 Å². The van der Waals surface area contributed by atoms with E-state index in [1.807, 2.05) is 37.1 Å². The summed E-state index contributed by atoms with van der Waals surface area (Å²) in [4.78, 5) is 23.4. The second-order valence-electron chi connectivity index (χ2n) is 7.14. The Hall–Kier alpha value is -1.86. The number of rotatable bonds is 3. The zero-order chi connectivity index (χ0) is 17.8. The Labute approximate surface area is 149 Å². The molecule has 7 nitrogen and oxygen atoms in total. The van der Waals surface area contributed by atoms with Gasteiger partial charge in [-0.1, -0.05) is 6.07 Å². The summed E-state index contributed by atoms with van der Waals surface area (Å²) in [7, 11) is 2.15. The number of nitrogens with zero attached hydrogens (tertiary/aromatic N) is 4. The maximum absolute atomic E-state index is 12.3. The van der Waals surface area contributed by atoms with Gasteiger partial charge in [-0.3, -0.25) is 0 Å². The maximum atomic E-state index is 12.3. The molecule has 2 saturated heterocycles. The van der Waals surface area contributed by atoms with Gasteiger partial charge in [-0.25, -0.2) is 9.78 Å². The summed E-state index contributed by atoms with van der Waals surface area (Å²) in [6, 6.07) is 4.06. The Kier molecular flexibility index (Phi) is 5.75. The lowest BCUT2D eigenvalue weighted by molar-refractivity contribution is -0.0545. The number of urea groups is 1. The fourth-order valence-corrected chi connectivity index (χ4v) is 3.38. The van der Waals surface area contributed by atoms with Crippen LogP contribution in [0.3, 0.4) is 0 Å². The van der Waals surface area contributed by atoms with Gasteiger partial charge in [0.15, 0.2) is 0 Å². The van der Waals surface area contributed by atoms with Gasteiger partial charge in [0.2, 0.25) is 0 Å². The second-order valence-corrected chi connectivity index (χ2v) is 7.14. The predicted octanol–water partition coefficient (Wildman–Crippen LogP) is 1.15. The SMILES string of the molecule is C[C@H]1CN(C(=O)NCc2ccc(N3CCN(C)CC3)nc2)C[C@H](C)O1. The van der Waals surface area contributed by atoms with Crippen LogP contribution in [0.2, 0.25) is 0 Å². The van der Waals surface area contributed by atoms with Gasteiger partial charge >= 0.3 is 6.03 Å². The van der Waals surface area contributed by atoms with E-state index in [4.69, 9.17) is 4.74 Å². The number of piperazine rings is 1. The van der Waals surface area contributed by atoms with Crippen molar-refractivity contribution in [2.24, 2.45) is 0 Å². The lowest BCUT2D eigenvalue weighted by atomic mass is 10.2. The minimum Gasteiger partial charge on any atom is -0.372 e. The molecule has 0 spiro atoms. The number of carbonyl (C=O) groups is 1. The number of ether oxygens (including phenoxy) is 1. The standard InChI is InChI=1S/C18H29N5O2/c1-14-12-23(13-15(2)25-14)18(24)20-11-16-4-5-17(19-10-16)22-8-6-21(3)7-9-22/h4-5,10,14-15H,6-9,11-13H2,1-3H3,(H,20,24)/t14-,15-/m0/s1.